The van der Waals surface area contributed by atoms with Gasteiger partial charge in [-0.3, -0.25) is 0 Å². The molecule has 1 aliphatic carbocycles. The number of aliphatic hydroxyl groups excluding tert-OH is 1. The Morgan fingerprint density at radius 3 is 1.67 bits per heavy atom. The molecule has 1 fully saturated rings. The van der Waals surface area contributed by atoms with Crippen molar-refractivity contribution in [3.05, 3.63) is 35.4 Å². The summed E-state index contributed by atoms with van der Waals surface area (Å²) in [5, 5.41) is 8.91. The highest BCUT2D eigenvalue weighted by atomic mass is 16.3. The number of rotatable bonds is 0. The molecule has 1 heteroatoms. The van der Waals surface area contributed by atoms with E-state index in [2.05, 4.69) is 38.1 Å². The Morgan fingerprint density at radius 1 is 0.933 bits per heavy atom. The van der Waals surface area contributed by atoms with Gasteiger partial charge in [-0.05, 0) is 37.8 Å². The average molecular weight is 206 g/mol. The Hall–Kier alpha value is -0.820. The van der Waals surface area contributed by atoms with Crippen LogP contribution in [-0.4, -0.2) is 11.2 Å². The number of hydrogen-bond donors (Lipinski definition) is 1. The zero-order chi connectivity index (χ0) is 11.1. The van der Waals surface area contributed by atoms with Crippen LogP contribution in [0.15, 0.2) is 24.3 Å². The van der Waals surface area contributed by atoms with Gasteiger partial charge in [-0.1, -0.05) is 43.5 Å². The standard InChI is InChI=1S/C8H10.C6H12O/c1-7-5-3-4-6-8(7)2;7-6-4-2-1-3-5-6/h3-6H,1-2H3;6-7H,1-5H2. The Kier molecular flexibility index (Phi) is 5.41. The molecule has 1 nitrogen and oxygen atoms in total. The molecule has 1 saturated carbocycles. The van der Waals surface area contributed by atoms with Gasteiger partial charge in [0, 0.05) is 0 Å². The Bertz CT molecular complexity index is 253. The monoisotopic (exact) mass is 206 g/mol. The topological polar surface area (TPSA) is 20.2 Å². The summed E-state index contributed by atoms with van der Waals surface area (Å²) in [5.41, 5.74) is 2.74. The second kappa shape index (κ2) is 6.62. The van der Waals surface area contributed by atoms with Crippen LogP contribution in [0.3, 0.4) is 0 Å². The molecule has 0 atom stereocenters. The summed E-state index contributed by atoms with van der Waals surface area (Å²) in [4.78, 5) is 0. The van der Waals surface area contributed by atoms with Crippen LogP contribution >= 0.6 is 0 Å². The Morgan fingerprint density at radius 2 is 1.40 bits per heavy atom. The van der Waals surface area contributed by atoms with Crippen LogP contribution in [0, 0.1) is 13.8 Å². The van der Waals surface area contributed by atoms with Crippen molar-refractivity contribution in [3.8, 4) is 0 Å². The number of hydrogen-bond acceptors (Lipinski definition) is 1. The summed E-state index contributed by atoms with van der Waals surface area (Å²) in [6.45, 7) is 4.24. The molecule has 0 spiro atoms. The lowest BCUT2D eigenvalue weighted by molar-refractivity contribution is 0.130. The molecule has 84 valence electrons. The van der Waals surface area contributed by atoms with Gasteiger partial charge in [0.25, 0.3) is 0 Å². The highest BCUT2D eigenvalue weighted by molar-refractivity contribution is 5.23. The Labute approximate surface area is 93.1 Å². The summed E-state index contributed by atoms with van der Waals surface area (Å²) in [6.07, 6.45) is 5.92. The van der Waals surface area contributed by atoms with E-state index in [-0.39, 0.29) is 6.10 Å². The van der Waals surface area contributed by atoms with E-state index in [1.165, 1.54) is 30.4 Å². The second-order valence-electron chi connectivity index (χ2n) is 4.38. The largest absolute Gasteiger partial charge is 0.393 e. The van der Waals surface area contributed by atoms with Crippen LogP contribution < -0.4 is 0 Å². The molecule has 0 radical (unpaired) electrons. The zero-order valence-electron chi connectivity index (χ0n) is 9.87. The third kappa shape index (κ3) is 4.98. The minimum atomic E-state index is 0.0359. The predicted molar refractivity (Wildman–Crippen MR) is 65.0 cm³/mol. The number of aryl methyl sites for hydroxylation is 2. The van der Waals surface area contributed by atoms with E-state index in [0.29, 0.717) is 0 Å². The first kappa shape index (κ1) is 12.3. The molecule has 1 aromatic rings. The predicted octanol–water partition coefficient (Wildman–Crippen LogP) is 3.61. The molecule has 0 saturated heterocycles. The minimum absolute atomic E-state index is 0.0359. The van der Waals surface area contributed by atoms with Crippen LogP contribution in [0.2, 0.25) is 0 Å². The maximum absolute atomic E-state index is 8.91. The molecule has 15 heavy (non-hydrogen) atoms. The molecule has 0 aliphatic heterocycles. The molecule has 1 N–H and O–H groups in total. The molecule has 1 aliphatic rings. The highest BCUT2D eigenvalue weighted by Gasteiger charge is 2.07. The minimum Gasteiger partial charge on any atom is -0.393 e. The smallest absolute Gasteiger partial charge is 0.0540 e. The van der Waals surface area contributed by atoms with Crippen LogP contribution in [0.1, 0.15) is 43.2 Å². The van der Waals surface area contributed by atoms with Crippen molar-refractivity contribution in [1.82, 2.24) is 0 Å². The molecule has 2 rings (SSSR count). The first-order valence-corrected chi connectivity index (χ1v) is 5.90. The molecular formula is C14H22O. The SMILES string of the molecule is Cc1ccccc1C.OC1CCCCC1. The quantitative estimate of drug-likeness (QED) is 0.687. The van der Waals surface area contributed by atoms with Gasteiger partial charge in [0.2, 0.25) is 0 Å². The van der Waals surface area contributed by atoms with Gasteiger partial charge in [0.1, 0.15) is 0 Å². The van der Waals surface area contributed by atoms with Gasteiger partial charge in [0.05, 0.1) is 6.10 Å². The molecule has 0 bridgehead atoms. The van der Waals surface area contributed by atoms with Crippen LogP contribution in [0.5, 0.6) is 0 Å². The van der Waals surface area contributed by atoms with Crippen LogP contribution in [0.25, 0.3) is 0 Å². The molecule has 0 heterocycles. The van der Waals surface area contributed by atoms with E-state index in [1.807, 2.05) is 0 Å². The fraction of sp³-hybridized carbons (Fsp3) is 0.571. The summed E-state index contributed by atoms with van der Waals surface area (Å²) in [5.74, 6) is 0. The lowest BCUT2D eigenvalue weighted by Gasteiger charge is -2.14. The summed E-state index contributed by atoms with van der Waals surface area (Å²) in [7, 11) is 0. The van der Waals surface area contributed by atoms with Gasteiger partial charge < -0.3 is 5.11 Å². The van der Waals surface area contributed by atoms with Crippen molar-refractivity contribution in [2.75, 3.05) is 0 Å². The number of aliphatic hydroxyl groups is 1. The van der Waals surface area contributed by atoms with Crippen LogP contribution in [0.4, 0.5) is 0 Å². The normalized spacial score (nSPS) is 16.7. The second-order valence-corrected chi connectivity index (χ2v) is 4.38. The summed E-state index contributed by atoms with van der Waals surface area (Å²) < 4.78 is 0. The van der Waals surface area contributed by atoms with Crippen molar-refractivity contribution in [2.24, 2.45) is 0 Å². The zero-order valence-corrected chi connectivity index (χ0v) is 9.87. The van der Waals surface area contributed by atoms with Crippen molar-refractivity contribution in [2.45, 2.75) is 52.1 Å². The lowest BCUT2D eigenvalue weighted by atomic mass is 9.98. The third-order valence-electron chi connectivity index (χ3n) is 3.00. The van der Waals surface area contributed by atoms with Crippen LogP contribution in [-0.2, 0) is 0 Å². The fourth-order valence-electron chi connectivity index (χ4n) is 1.74. The molecule has 0 aromatic heterocycles. The van der Waals surface area contributed by atoms with Crippen molar-refractivity contribution < 1.29 is 5.11 Å². The summed E-state index contributed by atoms with van der Waals surface area (Å²) in [6, 6.07) is 8.36. The molecule has 0 unspecified atom stereocenters. The van der Waals surface area contributed by atoms with Gasteiger partial charge in [-0.15, -0.1) is 0 Å². The third-order valence-corrected chi connectivity index (χ3v) is 3.00. The highest BCUT2D eigenvalue weighted by Crippen LogP contribution is 2.16. The maximum Gasteiger partial charge on any atom is 0.0540 e. The van der Waals surface area contributed by atoms with Gasteiger partial charge in [-0.2, -0.15) is 0 Å². The molecule has 1 aromatic carbocycles. The molecular weight excluding hydrogens is 184 g/mol. The number of benzene rings is 1. The van der Waals surface area contributed by atoms with E-state index >= 15 is 0 Å². The van der Waals surface area contributed by atoms with E-state index in [4.69, 9.17) is 5.11 Å². The van der Waals surface area contributed by atoms with E-state index < -0.39 is 0 Å². The van der Waals surface area contributed by atoms with Crippen molar-refractivity contribution >= 4 is 0 Å². The van der Waals surface area contributed by atoms with Gasteiger partial charge >= 0.3 is 0 Å². The van der Waals surface area contributed by atoms with E-state index in [1.54, 1.807) is 0 Å². The van der Waals surface area contributed by atoms with Gasteiger partial charge in [0.15, 0.2) is 0 Å². The van der Waals surface area contributed by atoms with Gasteiger partial charge in [-0.25, -0.2) is 0 Å². The van der Waals surface area contributed by atoms with E-state index in [9.17, 15) is 0 Å². The fourth-order valence-corrected chi connectivity index (χ4v) is 1.74. The molecule has 0 amide bonds. The van der Waals surface area contributed by atoms with E-state index in [0.717, 1.165) is 12.8 Å². The first-order valence-electron chi connectivity index (χ1n) is 5.90. The first-order chi connectivity index (χ1) is 7.20. The van der Waals surface area contributed by atoms with Crippen molar-refractivity contribution in [1.29, 1.82) is 0 Å². The Balaban J connectivity index is 0.000000151. The summed E-state index contributed by atoms with van der Waals surface area (Å²) >= 11 is 0. The average Bonchev–Trinajstić information content (AvgIpc) is 2.25. The lowest BCUT2D eigenvalue weighted by Crippen LogP contribution is -2.09. The maximum atomic E-state index is 8.91. The van der Waals surface area contributed by atoms with Crippen molar-refractivity contribution in [3.63, 3.8) is 0 Å².